The molecule has 0 saturated carbocycles. The summed E-state index contributed by atoms with van der Waals surface area (Å²) in [5.41, 5.74) is 0. The van der Waals surface area contributed by atoms with Gasteiger partial charge in [-0.15, -0.1) is 5.10 Å². The molecule has 1 aromatic heterocycles. The molecule has 0 aromatic carbocycles. The average molecular weight is 183 g/mol. The molecule has 1 aliphatic rings. The van der Waals surface area contributed by atoms with Gasteiger partial charge in [-0.05, 0) is 12.8 Å². The number of nitrogens with one attached hydrogen (secondary N) is 1. The molecule has 1 N–H and O–H groups in total. The monoisotopic (exact) mass is 183 g/mol. The smallest absolute Gasteiger partial charge is 0.315 e. The minimum absolute atomic E-state index is 0.298. The molecule has 0 bridgehead atoms. The molecule has 0 amide bonds. The lowest BCUT2D eigenvalue weighted by Gasteiger charge is -2.07. The first-order valence-electron chi connectivity index (χ1n) is 4.50. The van der Waals surface area contributed by atoms with Crippen LogP contribution in [-0.2, 0) is 4.74 Å². The van der Waals surface area contributed by atoms with E-state index in [1.807, 2.05) is 0 Å². The van der Waals surface area contributed by atoms with Gasteiger partial charge in [-0.3, -0.25) is 0 Å². The summed E-state index contributed by atoms with van der Waals surface area (Å²) in [7, 11) is 0. The van der Waals surface area contributed by atoms with Crippen LogP contribution in [0.5, 0.6) is 0 Å². The summed E-state index contributed by atoms with van der Waals surface area (Å²) >= 11 is 0. The van der Waals surface area contributed by atoms with Gasteiger partial charge in [0, 0.05) is 20.1 Å². The first-order chi connectivity index (χ1) is 6.34. The molecule has 1 saturated heterocycles. The summed E-state index contributed by atoms with van der Waals surface area (Å²) in [6.07, 6.45) is 2.56. The van der Waals surface area contributed by atoms with E-state index in [1.165, 1.54) is 0 Å². The quantitative estimate of drug-likeness (QED) is 0.756. The molecular formula is C8H13N3O2. The fourth-order valence-corrected chi connectivity index (χ4v) is 1.37. The highest BCUT2D eigenvalue weighted by molar-refractivity contribution is 5.16. The van der Waals surface area contributed by atoms with E-state index >= 15 is 0 Å². The van der Waals surface area contributed by atoms with Crippen molar-refractivity contribution in [1.29, 1.82) is 0 Å². The summed E-state index contributed by atoms with van der Waals surface area (Å²) in [4.78, 5) is 0. The third-order valence-corrected chi connectivity index (χ3v) is 2.03. The van der Waals surface area contributed by atoms with Gasteiger partial charge in [-0.25, -0.2) is 0 Å². The van der Waals surface area contributed by atoms with E-state index in [1.54, 1.807) is 6.92 Å². The van der Waals surface area contributed by atoms with E-state index in [-0.39, 0.29) is 0 Å². The lowest BCUT2D eigenvalue weighted by Crippen LogP contribution is -2.18. The van der Waals surface area contributed by atoms with Crippen molar-refractivity contribution in [2.75, 3.05) is 18.5 Å². The summed E-state index contributed by atoms with van der Waals surface area (Å²) in [6, 6.07) is 0.480. The number of nitrogens with zero attached hydrogens (tertiary/aromatic N) is 2. The van der Waals surface area contributed by atoms with Gasteiger partial charge in [0.05, 0.1) is 6.10 Å². The molecule has 5 heteroatoms. The van der Waals surface area contributed by atoms with E-state index < -0.39 is 0 Å². The first kappa shape index (κ1) is 8.50. The first-order valence-corrected chi connectivity index (χ1v) is 4.50. The maximum Gasteiger partial charge on any atom is 0.315 e. The van der Waals surface area contributed by atoms with Crippen LogP contribution in [0.25, 0.3) is 0 Å². The Bertz CT molecular complexity index is 268. The number of hydrogen-bond donors (Lipinski definition) is 1. The van der Waals surface area contributed by atoms with Crippen molar-refractivity contribution < 1.29 is 9.15 Å². The normalized spacial score (nSPS) is 22.1. The van der Waals surface area contributed by atoms with Gasteiger partial charge in [0.2, 0.25) is 5.89 Å². The SMILES string of the molecule is Cc1nnc(NCC2CCCO2)o1. The zero-order valence-electron chi connectivity index (χ0n) is 7.62. The van der Waals surface area contributed by atoms with Crippen LogP contribution in [0.4, 0.5) is 6.01 Å². The van der Waals surface area contributed by atoms with E-state index in [2.05, 4.69) is 15.5 Å². The molecule has 0 spiro atoms. The summed E-state index contributed by atoms with van der Waals surface area (Å²) in [5.74, 6) is 0.579. The van der Waals surface area contributed by atoms with Crippen LogP contribution < -0.4 is 5.32 Å². The average Bonchev–Trinajstić information content (AvgIpc) is 2.71. The zero-order chi connectivity index (χ0) is 9.10. The Labute approximate surface area is 76.5 Å². The number of ether oxygens (including phenoxy) is 1. The predicted octanol–water partition coefficient (Wildman–Crippen LogP) is 0.969. The van der Waals surface area contributed by atoms with E-state index in [9.17, 15) is 0 Å². The third kappa shape index (κ3) is 2.18. The Morgan fingerprint density at radius 3 is 3.08 bits per heavy atom. The molecule has 2 rings (SSSR count). The topological polar surface area (TPSA) is 60.2 Å². The fraction of sp³-hybridized carbons (Fsp3) is 0.750. The second-order valence-electron chi connectivity index (χ2n) is 3.14. The van der Waals surface area contributed by atoms with Gasteiger partial charge < -0.3 is 14.5 Å². The minimum Gasteiger partial charge on any atom is -0.408 e. The Morgan fingerprint density at radius 2 is 2.46 bits per heavy atom. The summed E-state index contributed by atoms with van der Waals surface area (Å²) in [6.45, 7) is 3.39. The number of anilines is 1. The van der Waals surface area contributed by atoms with Gasteiger partial charge >= 0.3 is 6.01 Å². The van der Waals surface area contributed by atoms with Crippen LogP contribution in [0, 0.1) is 6.92 Å². The van der Waals surface area contributed by atoms with Crippen LogP contribution in [0.2, 0.25) is 0 Å². The maximum atomic E-state index is 5.43. The van der Waals surface area contributed by atoms with Crippen molar-refractivity contribution in [2.45, 2.75) is 25.9 Å². The van der Waals surface area contributed by atoms with Crippen LogP contribution >= 0.6 is 0 Å². The molecule has 0 aliphatic carbocycles. The third-order valence-electron chi connectivity index (χ3n) is 2.03. The van der Waals surface area contributed by atoms with E-state index in [4.69, 9.17) is 9.15 Å². The number of aromatic nitrogens is 2. The van der Waals surface area contributed by atoms with Gasteiger partial charge in [0.1, 0.15) is 0 Å². The Morgan fingerprint density at radius 1 is 1.54 bits per heavy atom. The highest BCUT2D eigenvalue weighted by Gasteiger charge is 2.15. The van der Waals surface area contributed by atoms with Crippen LogP contribution in [-0.4, -0.2) is 29.5 Å². The molecule has 72 valence electrons. The maximum absolute atomic E-state index is 5.43. The van der Waals surface area contributed by atoms with Gasteiger partial charge in [0.25, 0.3) is 0 Å². The number of rotatable bonds is 3. The van der Waals surface area contributed by atoms with Crippen molar-refractivity contribution in [1.82, 2.24) is 10.2 Å². The lowest BCUT2D eigenvalue weighted by molar-refractivity contribution is 0.120. The molecule has 0 radical (unpaired) electrons. The predicted molar refractivity (Wildman–Crippen MR) is 46.5 cm³/mol. The number of hydrogen-bond acceptors (Lipinski definition) is 5. The summed E-state index contributed by atoms with van der Waals surface area (Å²) < 4.78 is 10.6. The van der Waals surface area contributed by atoms with Crippen molar-refractivity contribution in [3.8, 4) is 0 Å². The highest BCUT2D eigenvalue weighted by atomic mass is 16.5. The fourth-order valence-electron chi connectivity index (χ4n) is 1.37. The second-order valence-corrected chi connectivity index (χ2v) is 3.14. The van der Waals surface area contributed by atoms with Crippen molar-refractivity contribution in [3.05, 3.63) is 5.89 Å². The largest absolute Gasteiger partial charge is 0.408 e. The molecule has 1 aliphatic heterocycles. The van der Waals surface area contributed by atoms with Crippen LogP contribution in [0.15, 0.2) is 4.42 Å². The molecule has 1 atom stereocenters. The minimum atomic E-state index is 0.298. The lowest BCUT2D eigenvalue weighted by atomic mass is 10.2. The molecule has 1 aromatic rings. The van der Waals surface area contributed by atoms with E-state index in [0.717, 1.165) is 26.0 Å². The zero-order valence-corrected chi connectivity index (χ0v) is 7.62. The van der Waals surface area contributed by atoms with Crippen LogP contribution in [0.1, 0.15) is 18.7 Å². The van der Waals surface area contributed by atoms with Crippen molar-refractivity contribution in [2.24, 2.45) is 0 Å². The Kier molecular flexibility index (Phi) is 2.44. The molecule has 2 heterocycles. The highest BCUT2D eigenvalue weighted by Crippen LogP contribution is 2.12. The summed E-state index contributed by atoms with van der Waals surface area (Å²) in [5, 5.41) is 10.6. The molecule has 1 unspecified atom stereocenters. The molecule has 1 fully saturated rings. The van der Waals surface area contributed by atoms with Gasteiger partial charge in [-0.1, -0.05) is 5.10 Å². The molecular weight excluding hydrogens is 170 g/mol. The van der Waals surface area contributed by atoms with E-state index in [0.29, 0.717) is 18.0 Å². The standard InChI is InChI=1S/C8H13N3O2/c1-6-10-11-8(13-6)9-5-7-3-2-4-12-7/h7H,2-5H2,1H3,(H,9,11). The molecule has 13 heavy (non-hydrogen) atoms. The van der Waals surface area contributed by atoms with Gasteiger partial charge in [-0.2, -0.15) is 0 Å². The Balaban J connectivity index is 1.78. The number of aryl methyl sites for hydroxylation is 1. The Hall–Kier alpha value is -1.10. The van der Waals surface area contributed by atoms with Gasteiger partial charge in [0.15, 0.2) is 0 Å². The van der Waals surface area contributed by atoms with Crippen molar-refractivity contribution in [3.63, 3.8) is 0 Å². The second kappa shape index (κ2) is 3.74. The van der Waals surface area contributed by atoms with Crippen molar-refractivity contribution >= 4 is 6.01 Å². The molecule has 5 nitrogen and oxygen atoms in total. The van der Waals surface area contributed by atoms with Crippen LogP contribution in [0.3, 0.4) is 0 Å².